The van der Waals surface area contributed by atoms with Crippen molar-refractivity contribution in [1.29, 1.82) is 0 Å². The lowest BCUT2D eigenvalue weighted by molar-refractivity contribution is 0.302. The summed E-state index contributed by atoms with van der Waals surface area (Å²) >= 11 is 0. The number of sulfonamides is 1. The number of aromatic nitrogens is 1. The van der Waals surface area contributed by atoms with Gasteiger partial charge in [0.05, 0.1) is 0 Å². The molecule has 0 spiro atoms. The zero-order valence-electron chi connectivity index (χ0n) is 15.9. The maximum absolute atomic E-state index is 12.8. The van der Waals surface area contributed by atoms with Crippen LogP contribution in [-0.4, -0.2) is 48.4 Å². The molecule has 1 aromatic heterocycles. The molecular formula is C17H31N5O2S. The Morgan fingerprint density at radius 1 is 1.12 bits per heavy atom. The Balaban J connectivity index is 2.08. The quantitative estimate of drug-likeness (QED) is 0.679. The molecule has 0 aliphatic carbocycles. The van der Waals surface area contributed by atoms with Crippen LogP contribution in [0.5, 0.6) is 0 Å². The summed E-state index contributed by atoms with van der Waals surface area (Å²) in [5.41, 5.74) is 6.45. The number of hydrogen-bond donors (Lipinski definition) is 3. The van der Waals surface area contributed by atoms with E-state index >= 15 is 0 Å². The summed E-state index contributed by atoms with van der Waals surface area (Å²) in [6.45, 7) is 12.6. The van der Waals surface area contributed by atoms with Crippen molar-refractivity contribution in [3.05, 3.63) is 18.3 Å². The lowest BCUT2D eigenvalue weighted by Gasteiger charge is -2.29. The van der Waals surface area contributed by atoms with Crippen LogP contribution in [0.3, 0.4) is 0 Å². The fourth-order valence-corrected chi connectivity index (χ4v) is 5.18. The fourth-order valence-electron chi connectivity index (χ4n) is 3.40. The van der Waals surface area contributed by atoms with Crippen LogP contribution in [0.25, 0.3) is 0 Å². The number of pyridine rings is 1. The van der Waals surface area contributed by atoms with Gasteiger partial charge >= 0.3 is 0 Å². The van der Waals surface area contributed by atoms with Crippen LogP contribution in [0.2, 0.25) is 0 Å². The van der Waals surface area contributed by atoms with E-state index in [0.717, 1.165) is 6.54 Å². The fraction of sp³-hybridized carbons (Fsp3) is 0.706. The lowest BCUT2D eigenvalue weighted by Crippen LogP contribution is -2.41. The number of rotatable bonds is 7. The minimum atomic E-state index is -3.54. The van der Waals surface area contributed by atoms with Crippen molar-refractivity contribution in [1.82, 2.24) is 20.1 Å². The smallest absolute Gasteiger partial charge is 0.245 e. The van der Waals surface area contributed by atoms with E-state index in [1.165, 1.54) is 10.5 Å². The van der Waals surface area contributed by atoms with Crippen LogP contribution in [0.4, 0.5) is 5.82 Å². The van der Waals surface area contributed by atoms with Gasteiger partial charge in [-0.3, -0.25) is 10.9 Å². The second kappa shape index (κ2) is 7.99. The highest BCUT2D eigenvalue weighted by Gasteiger charge is 2.31. The minimum Gasteiger partial charge on any atom is -0.370 e. The first-order valence-corrected chi connectivity index (χ1v) is 10.3. The maximum atomic E-state index is 12.8. The van der Waals surface area contributed by atoms with Crippen molar-refractivity contribution in [2.45, 2.75) is 70.6 Å². The summed E-state index contributed by atoms with van der Waals surface area (Å²) in [5, 5.41) is 3.30. The molecule has 25 heavy (non-hydrogen) atoms. The number of anilines is 1. The molecule has 2 heterocycles. The number of hydrogen-bond acceptors (Lipinski definition) is 6. The van der Waals surface area contributed by atoms with Crippen molar-refractivity contribution < 1.29 is 8.42 Å². The van der Waals surface area contributed by atoms with E-state index < -0.39 is 10.0 Å². The monoisotopic (exact) mass is 369 g/mol. The van der Waals surface area contributed by atoms with Gasteiger partial charge in [0.15, 0.2) is 0 Å². The third-order valence-corrected chi connectivity index (χ3v) is 6.91. The van der Waals surface area contributed by atoms with Crippen LogP contribution in [0.1, 0.15) is 41.5 Å². The first kappa shape index (κ1) is 20.1. The van der Waals surface area contributed by atoms with Gasteiger partial charge in [-0.2, -0.15) is 4.31 Å². The molecule has 0 saturated carbocycles. The van der Waals surface area contributed by atoms with Gasteiger partial charge in [0, 0.05) is 42.8 Å². The summed E-state index contributed by atoms with van der Waals surface area (Å²) in [6, 6.07) is 3.89. The molecule has 0 bridgehead atoms. The van der Waals surface area contributed by atoms with Gasteiger partial charge in [-0.25, -0.2) is 13.4 Å². The van der Waals surface area contributed by atoms with E-state index in [2.05, 4.69) is 35.0 Å². The maximum Gasteiger partial charge on any atom is 0.245 e. The van der Waals surface area contributed by atoms with Gasteiger partial charge in [-0.15, -0.1) is 0 Å². The first-order chi connectivity index (χ1) is 11.6. The molecule has 2 rings (SSSR count). The Morgan fingerprint density at radius 2 is 1.68 bits per heavy atom. The average molecular weight is 370 g/mol. The molecule has 1 saturated heterocycles. The SMILES string of the molecule is CC1NNC(C)C1CNc1ccc(S(=O)(=O)N(C(C)C)C(C)C)cn1. The summed E-state index contributed by atoms with van der Waals surface area (Å²) in [4.78, 5) is 4.53. The lowest BCUT2D eigenvalue weighted by atomic mass is 9.97. The Labute approximate surface area is 151 Å². The molecule has 2 atom stereocenters. The molecule has 0 amide bonds. The van der Waals surface area contributed by atoms with Crippen LogP contribution in [0, 0.1) is 5.92 Å². The standard InChI is InChI=1S/C17H31N5O2S/c1-11(2)22(12(3)4)25(23,24)15-7-8-17(18-9-15)19-10-16-13(5)20-21-14(16)6/h7-9,11-14,16,20-21H,10H2,1-6H3,(H,18,19). The molecule has 0 radical (unpaired) electrons. The van der Waals surface area contributed by atoms with Gasteiger partial charge < -0.3 is 5.32 Å². The van der Waals surface area contributed by atoms with Crippen molar-refractivity contribution in [2.75, 3.05) is 11.9 Å². The summed E-state index contributed by atoms with van der Waals surface area (Å²) < 4.78 is 27.2. The average Bonchev–Trinajstić information content (AvgIpc) is 2.83. The number of hydrazine groups is 1. The summed E-state index contributed by atoms with van der Waals surface area (Å²) in [6.07, 6.45) is 1.44. The van der Waals surface area contributed by atoms with E-state index in [0.29, 0.717) is 23.8 Å². The Bertz CT molecular complexity index is 642. The van der Waals surface area contributed by atoms with Gasteiger partial charge in [-0.05, 0) is 53.7 Å². The topological polar surface area (TPSA) is 86.4 Å². The number of nitrogens with zero attached hydrogens (tertiary/aromatic N) is 2. The van der Waals surface area contributed by atoms with Crippen molar-refractivity contribution >= 4 is 15.8 Å². The molecule has 1 aliphatic rings. The molecule has 2 unspecified atom stereocenters. The van der Waals surface area contributed by atoms with Crippen molar-refractivity contribution in [2.24, 2.45) is 5.92 Å². The largest absolute Gasteiger partial charge is 0.370 e. The Hall–Kier alpha value is -1.22. The zero-order valence-corrected chi connectivity index (χ0v) is 16.8. The second-order valence-corrected chi connectivity index (χ2v) is 9.16. The van der Waals surface area contributed by atoms with E-state index in [9.17, 15) is 8.42 Å². The third kappa shape index (κ3) is 4.49. The van der Waals surface area contributed by atoms with Gasteiger partial charge in [0.1, 0.15) is 10.7 Å². The molecule has 7 nitrogen and oxygen atoms in total. The summed E-state index contributed by atoms with van der Waals surface area (Å²) in [7, 11) is -3.54. The van der Waals surface area contributed by atoms with Gasteiger partial charge in [0.25, 0.3) is 0 Å². The highest BCUT2D eigenvalue weighted by molar-refractivity contribution is 7.89. The van der Waals surface area contributed by atoms with E-state index in [1.807, 2.05) is 27.7 Å². The van der Waals surface area contributed by atoms with E-state index in [4.69, 9.17) is 0 Å². The third-order valence-electron chi connectivity index (χ3n) is 4.67. The van der Waals surface area contributed by atoms with Crippen molar-refractivity contribution in [3.8, 4) is 0 Å². The highest BCUT2D eigenvalue weighted by atomic mass is 32.2. The minimum absolute atomic E-state index is 0.104. The normalized spacial score (nSPS) is 24.4. The Kier molecular flexibility index (Phi) is 6.42. The molecule has 8 heteroatoms. The van der Waals surface area contributed by atoms with Crippen molar-refractivity contribution in [3.63, 3.8) is 0 Å². The van der Waals surface area contributed by atoms with E-state index in [1.54, 1.807) is 12.1 Å². The molecular weight excluding hydrogens is 338 g/mol. The summed E-state index contributed by atoms with van der Waals surface area (Å²) in [5.74, 6) is 1.12. The first-order valence-electron chi connectivity index (χ1n) is 8.89. The molecule has 142 valence electrons. The molecule has 1 fully saturated rings. The van der Waals surface area contributed by atoms with Crippen LogP contribution < -0.4 is 16.2 Å². The van der Waals surface area contributed by atoms with Gasteiger partial charge in [-0.1, -0.05) is 0 Å². The number of nitrogens with one attached hydrogen (secondary N) is 3. The van der Waals surface area contributed by atoms with Crippen LogP contribution >= 0.6 is 0 Å². The van der Waals surface area contributed by atoms with E-state index in [-0.39, 0.29) is 17.0 Å². The highest BCUT2D eigenvalue weighted by Crippen LogP contribution is 2.22. The predicted molar refractivity (Wildman–Crippen MR) is 101 cm³/mol. The van der Waals surface area contributed by atoms with Crippen LogP contribution in [-0.2, 0) is 10.0 Å². The van der Waals surface area contributed by atoms with Crippen LogP contribution in [0.15, 0.2) is 23.2 Å². The Morgan fingerprint density at radius 3 is 2.12 bits per heavy atom. The predicted octanol–water partition coefficient (Wildman–Crippen LogP) is 1.80. The molecule has 0 aromatic carbocycles. The molecule has 1 aliphatic heterocycles. The molecule has 1 aromatic rings. The second-order valence-electron chi connectivity index (χ2n) is 7.31. The van der Waals surface area contributed by atoms with Gasteiger partial charge in [0.2, 0.25) is 10.0 Å². The molecule has 3 N–H and O–H groups in total. The zero-order chi connectivity index (χ0) is 18.8.